The van der Waals surface area contributed by atoms with Gasteiger partial charge in [0.1, 0.15) is 11.4 Å². The van der Waals surface area contributed by atoms with Gasteiger partial charge in [-0.1, -0.05) is 81.4 Å². The smallest absolute Gasteiger partial charge is 0.413 e. The van der Waals surface area contributed by atoms with Gasteiger partial charge in [0.05, 0.1) is 12.1 Å². The summed E-state index contributed by atoms with van der Waals surface area (Å²) in [6, 6.07) is 19.7. The van der Waals surface area contributed by atoms with Crippen molar-refractivity contribution in [3.8, 4) is 0 Å². The van der Waals surface area contributed by atoms with E-state index in [9.17, 15) is 9.59 Å². The molecule has 1 fully saturated rings. The Balaban J connectivity index is 1.70. The second-order valence-electron chi connectivity index (χ2n) is 13.6. The third kappa shape index (κ3) is 9.41. The second kappa shape index (κ2) is 13.8. The number of amidine groups is 1. The van der Waals surface area contributed by atoms with Crippen molar-refractivity contribution in [2.75, 3.05) is 26.2 Å². The first-order chi connectivity index (χ1) is 20.5. The van der Waals surface area contributed by atoms with Crippen molar-refractivity contribution < 1.29 is 19.1 Å². The SMILES string of the molecule is CC(C)(C)OC(=O)N1CC[C@@H](CN(C(=O)OC(Cl)(Cl)Cl)[C@@H](C2=NC(c3ccccc3)CN2Cc2ccccc2)C(C)(C)C)C1. The molecule has 2 aliphatic rings. The van der Waals surface area contributed by atoms with Crippen LogP contribution in [0.5, 0.6) is 0 Å². The molecule has 0 bridgehead atoms. The molecule has 2 amide bonds. The van der Waals surface area contributed by atoms with Gasteiger partial charge in [0.2, 0.25) is 0 Å². The van der Waals surface area contributed by atoms with Crippen LogP contribution < -0.4 is 0 Å². The molecule has 1 unspecified atom stereocenters. The standard InChI is InChI=1S/C33H43Cl3N4O4/c1-31(2,3)27(28-37-26(25-15-11-8-12-16-25)22-39(28)19-23-13-9-7-10-14-23)40(30(42)44-33(34,35)36)21-24-17-18-38(20-24)29(41)43-32(4,5)6/h7-16,24,26-27H,17-22H2,1-6H3/t24-,26?,27+/m1/s1. The van der Waals surface area contributed by atoms with Crippen LogP contribution in [-0.2, 0) is 16.0 Å². The predicted molar refractivity (Wildman–Crippen MR) is 176 cm³/mol. The van der Waals surface area contributed by atoms with E-state index < -0.39 is 27.1 Å². The summed E-state index contributed by atoms with van der Waals surface area (Å²) in [5, 5.41) is 0. The van der Waals surface area contributed by atoms with Gasteiger partial charge in [-0.05, 0) is 84.5 Å². The van der Waals surface area contributed by atoms with Gasteiger partial charge in [0, 0.05) is 32.7 Å². The largest absolute Gasteiger partial charge is 0.444 e. The van der Waals surface area contributed by atoms with Crippen molar-refractivity contribution in [3.63, 3.8) is 0 Å². The third-order valence-corrected chi connectivity index (χ3v) is 7.84. The Morgan fingerprint density at radius 3 is 2.11 bits per heavy atom. The molecule has 0 saturated carbocycles. The first kappa shape index (κ1) is 34.2. The zero-order valence-electron chi connectivity index (χ0n) is 26.3. The number of aliphatic imine (C=N–C) groups is 1. The van der Waals surface area contributed by atoms with Gasteiger partial charge >= 0.3 is 16.2 Å². The topological polar surface area (TPSA) is 74.7 Å². The second-order valence-corrected chi connectivity index (χ2v) is 15.8. The quantitative estimate of drug-likeness (QED) is 0.280. The number of likely N-dealkylation sites (tertiary alicyclic amines) is 1. The molecule has 0 aliphatic carbocycles. The first-order valence-electron chi connectivity index (χ1n) is 15.0. The number of ether oxygens (including phenoxy) is 2. The van der Waals surface area contributed by atoms with E-state index in [2.05, 4.69) is 49.9 Å². The lowest BCUT2D eigenvalue weighted by molar-refractivity contribution is 0.0280. The van der Waals surface area contributed by atoms with Crippen molar-refractivity contribution in [2.24, 2.45) is 16.3 Å². The number of rotatable bonds is 7. The minimum Gasteiger partial charge on any atom is -0.444 e. The van der Waals surface area contributed by atoms with Crippen molar-refractivity contribution in [1.82, 2.24) is 14.7 Å². The predicted octanol–water partition coefficient (Wildman–Crippen LogP) is 8.08. The van der Waals surface area contributed by atoms with E-state index in [1.807, 2.05) is 57.2 Å². The van der Waals surface area contributed by atoms with Crippen LogP contribution in [0, 0.1) is 11.3 Å². The molecule has 2 aromatic carbocycles. The van der Waals surface area contributed by atoms with Crippen LogP contribution >= 0.6 is 34.8 Å². The summed E-state index contributed by atoms with van der Waals surface area (Å²) in [7, 11) is 0. The van der Waals surface area contributed by atoms with E-state index in [1.54, 1.807) is 9.80 Å². The van der Waals surface area contributed by atoms with Crippen LogP contribution in [0.15, 0.2) is 65.7 Å². The van der Waals surface area contributed by atoms with Crippen LogP contribution in [-0.4, -0.2) is 74.5 Å². The summed E-state index contributed by atoms with van der Waals surface area (Å²) in [4.78, 5) is 37.5. The Hall–Kier alpha value is -2.68. The molecule has 8 nitrogen and oxygen atoms in total. The van der Waals surface area contributed by atoms with Gasteiger partial charge in [0.15, 0.2) is 0 Å². The minimum atomic E-state index is -2.25. The number of carbonyl (C=O) groups excluding carboxylic acids is 2. The Morgan fingerprint density at radius 2 is 1.55 bits per heavy atom. The molecule has 0 spiro atoms. The van der Waals surface area contributed by atoms with Gasteiger partial charge in [0.25, 0.3) is 0 Å². The molecule has 2 aromatic rings. The Bertz CT molecular complexity index is 1310. The molecular weight excluding hydrogens is 623 g/mol. The Kier molecular flexibility index (Phi) is 10.7. The number of amides is 2. The maximum atomic E-state index is 13.9. The highest BCUT2D eigenvalue weighted by molar-refractivity contribution is 6.66. The number of nitrogens with zero attached hydrogens (tertiary/aromatic N) is 4. The summed E-state index contributed by atoms with van der Waals surface area (Å²) in [6.45, 7) is 14.2. The molecule has 2 aliphatic heterocycles. The number of alkyl halides is 3. The summed E-state index contributed by atoms with van der Waals surface area (Å²) in [5.74, 6) is 0.711. The van der Waals surface area contributed by atoms with Gasteiger partial charge in [-0.25, -0.2) is 9.59 Å². The highest BCUT2D eigenvalue weighted by Gasteiger charge is 2.46. The molecule has 0 radical (unpaired) electrons. The van der Waals surface area contributed by atoms with E-state index in [4.69, 9.17) is 49.3 Å². The van der Waals surface area contributed by atoms with Crippen LogP contribution in [0.25, 0.3) is 0 Å². The van der Waals surface area contributed by atoms with Crippen molar-refractivity contribution in [2.45, 2.75) is 76.2 Å². The molecule has 240 valence electrons. The van der Waals surface area contributed by atoms with E-state index in [-0.39, 0.29) is 24.6 Å². The lowest BCUT2D eigenvalue weighted by atomic mass is 9.84. The van der Waals surface area contributed by atoms with Gasteiger partial charge < -0.3 is 19.3 Å². The van der Waals surface area contributed by atoms with E-state index in [0.29, 0.717) is 32.6 Å². The molecule has 4 rings (SSSR count). The summed E-state index contributed by atoms with van der Waals surface area (Å²) < 4.78 is 8.71. The fraction of sp³-hybridized carbons (Fsp3) is 0.545. The fourth-order valence-electron chi connectivity index (χ4n) is 5.82. The number of hydrogen-bond acceptors (Lipinski definition) is 6. The van der Waals surface area contributed by atoms with Crippen molar-refractivity contribution >= 4 is 52.8 Å². The van der Waals surface area contributed by atoms with E-state index >= 15 is 0 Å². The van der Waals surface area contributed by atoms with E-state index in [0.717, 1.165) is 17.0 Å². The lowest BCUT2D eigenvalue weighted by Crippen LogP contribution is -2.57. The third-order valence-electron chi connectivity index (χ3n) is 7.61. The molecule has 2 heterocycles. The molecular formula is C33H43Cl3N4O4. The zero-order valence-corrected chi connectivity index (χ0v) is 28.6. The van der Waals surface area contributed by atoms with Crippen LogP contribution in [0.1, 0.15) is 65.1 Å². The minimum absolute atomic E-state index is 0.0511. The normalized spacial score (nSPS) is 19.9. The maximum absolute atomic E-state index is 13.9. The molecule has 0 aromatic heterocycles. The average molecular weight is 666 g/mol. The highest BCUT2D eigenvalue weighted by Crippen LogP contribution is 2.37. The number of carbonyl (C=O) groups is 2. The molecule has 44 heavy (non-hydrogen) atoms. The zero-order chi connectivity index (χ0) is 32.3. The Morgan fingerprint density at radius 1 is 0.932 bits per heavy atom. The molecule has 11 heteroatoms. The maximum Gasteiger partial charge on any atom is 0.413 e. The number of hydrogen-bond donors (Lipinski definition) is 0. The number of halogens is 3. The molecule has 3 atom stereocenters. The van der Waals surface area contributed by atoms with Crippen LogP contribution in [0.4, 0.5) is 9.59 Å². The average Bonchev–Trinajstić information content (AvgIpc) is 3.54. The molecule has 0 N–H and O–H groups in total. The highest BCUT2D eigenvalue weighted by atomic mass is 35.6. The van der Waals surface area contributed by atoms with Crippen LogP contribution in [0.2, 0.25) is 0 Å². The van der Waals surface area contributed by atoms with Crippen molar-refractivity contribution in [1.29, 1.82) is 0 Å². The Labute approximate surface area is 276 Å². The summed E-state index contributed by atoms with van der Waals surface area (Å²) in [5.41, 5.74) is 1.12. The molecule has 1 saturated heterocycles. The van der Waals surface area contributed by atoms with Gasteiger partial charge in [-0.2, -0.15) is 0 Å². The summed E-state index contributed by atoms with van der Waals surface area (Å²) in [6.07, 6.45) is -0.450. The lowest BCUT2D eigenvalue weighted by Gasteiger charge is -2.43. The monoisotopic (exact) mass is 664 g/mol. The first-order valence-corrected chi connectivity index (χ1v) is 16.1. The summed E-state index contributed by atoms with van der Waals surface area (Å²) >= 11 is 18.0. The van der Waals surface area contributed by atoms with E-state index in [1.165, 1.54) is 0 Å². The fourth-order valence-corrected chi connectivity index (χ4v) is 6.02. The van der Waals surface area contributed by atoms with Crippen molar-refractivity contribution in [3.05, 3.63) is 71.8 Å². The van der Waals surface area contributed by atoms with Crippen LogP contribution in [0.3, 0.4) is 0 Å². The van der Waals surface area contributed by atoms with Gasteiger partial charge in [-0.15, -0.1) is 0 Å². The number of benzene rings is 2. The van der Waals surface area contributed by atoms with Gasteiger partial charge in [-0.3, -0.25) is 9.89 Å².